The largest absolute Gasteiger partial charge is 0.338 e. The minimum absolute atomic E-state index is 0.159. The Kier molecular flexibility index (Phi) is 4.04. The van der Waals surface area contributed by atoms with Gasteiger partial charge in [-0.2, -0.15) is 5.10 Å². The fourth-order valence-electron chi connectivity index (χ4n) is 2.89. The van der Waals surface area contributed by atoms with Gasteiger partial charge in [0.25, 0.3) is 5.91 Å². The Morgan fingerprint density at radius 3 is 2.81 bits per heavy atom. The molecule has 0 N–H and O–H groups in total. The van der Waals surface area contributed by atoms with Gasteiger partial charge in [0.15, 0.2) is 0 Å². The first-order valence-corrected chi connectivity index (χ1v) is 7.58. The van der Waals surface area contributed by atoms with Gasteiger partial charge in [-0.25, -0.2) is 0 Å². The normalized spacial score (nSPS) is 18.7. The Morgan fingerprint density at radius 2 is 2.14 bits per heavy atom. The zero-order chi connectivity index (χ0) is 14.7. The van der Waals surface area contributed by atoms with Crippen molar-refractivity contribution in [3.05, 3.63) is 53.9 Å². The quantitative estimate of drug-likeness (QED) is 0.868. The number of likely N-dealkylation sites (tertiary alicyclic amines) is 1. The number of rotatable bonds is 3. The van der Waals surface area contributed by atoms with Crippen LogP contribution in [0.3, 0.4) is 0 Å². The smallest absolute Gasteiger partial charge is 0.253 e. The van der Waals surface area contributed by atoms with Gasteiger partial charge in [-0.3, -0.25) is 9.48 Å². The van der Waals surface area contributed by atoms with Gasteiger partial charge in [-0.1, -0.05) is 19.1 Å². The van der Waals surface area contributed by atoms with Crippen molar-refractivity contribution in [3.8, 4) is 0 Å². The number of aromatic nitrogens is 2. The number of piperidine rings is 1. The van der Waals surface area contributed by atoms with Crippen molar-refractivity contribution >= 4 is 5.91 Å². The molecule has 2 heterocycles. The lowest BCUT2D eigenvalue weighted by molar-refractivity contribution is 0.0683. The molecule has 1 atom stereocenters. The summed E-state index contributed by atoms with van der Waals surface area (Å²) < 4.78 is 1.88. The molecule has 0 aliphatic carbocycles. The second kappa shape index (κ2) is 6.12. The molecule has 0 spiro atoms. The highest BCUT2D eigenvalue weighted by Crippen LogP contribution is 2.18. The molecule has 21 heavy (non-hydrogen) atoms. The van der Waals surface area contributed by atoms with Crippen LogP contribution in [0.2, 0.25) is 0 Å². The van der Waals surface area contributed by atoms with E-state index in [1.807, 2.05) is 46.1 Å². The molecule has 4 nitrogen and oxygen atoms in total. The van der Waals surface area contributed by atoms with Gasteiger partial charge in [0.1, 0.15) is 0 Å². The zero-order valence-electron chi connectivity index (χ0n) is 12.4. The maximum Gasteiger partial charge on any atom is 0.253 e. The maximum atomic E-state index is 12.5. The molecular weight excluding hydrogens is 262 g/mol. The number of hydrogen-bond acceptors (Lipinski definition) is 2. The maximum absolute atomic E-state index is 12.5. The van der Waals surface area contributed by atoms with E-state index in [1.54, 1.807) is 6.20 Å². The van der Waals surface area contributed by atoms with Crippen LogP contribution in [-0.4, -0.2) is 33.7 Å². The molecule has 1 fully saturated rings. The summed E-state index contributed by atoms with van der Waals surface area (Å²) in [6.07, 6.45) is 6.06. The highest BCUT2D eigenvalue weighted by atomic mass is 16.2. The average molecular weight is 283 g/mol. The number of nitrogens with zero attached hydrogens (tertiary/aromatic N) is 3. The topological polar surface area (TPSA) is 38.1 Å². The highest BCUT2D eigenvalue weighted by molar-refractivity contribution is 5.94. The number of carbonyl (C=O) groups excluding carboxylic acids is 1. The minimum atomic E-state index is 0.159. The number of carbonyl (C=O) groups is 1. The van der Waals surface area contributed by atoms with Gasteiger partial charge in [0, 0.05) is 31.0 Å². The molecule has 1 aliphatic rings. The van der Waals surface area contributed by atoms with Crippen LogP contribution in [0.5, 0.6) is 0 Å². The summed E-state index contributed by atoms with van der Waals surface area (Å²) in [5.74, 6) is 0.772. The van der Waals surface area contributed by atoms with Gasteiger partial charge in [-0.05, 0) is 42.5 Å². The number of benzene rings is 1. The lowest BCUT2D eigenvalue weighted by Crippen LogP contribution is -2.39. The predicted molar refractivity (Wildman–Crippen MR) is 82.1 cm³/mol. The predicted octanol–water partition coefficient (Wildman–Crippen LogP) is 2.80. The summed E-state index contributed by atoms with van der Waals surface area (Å²) in [6.45, 7) is 4.72. The van der Waals surface area contributed by atoms with E-state index in [4.69, 9.17) is 0 Å². The molecule has 3 rings (SSSR count). The molecule has 0 bridgehead atoms. The van der Waals surface area contributed by atoms with Gasteiger partial charge < -0.3 is 4.90 Å². The van der Waals surface area contributed by atoms with E-state index in [2.05, 4.69) is 12.0 Å². The molecular formula is C17H21N3O. The van der Waals surface area contributed by atoms with Crippen LogP contribution in [0.25, 0.3) is 0 Å². The van der Waals surface area contributed by atoms with Crippen molar-refractivity contribution < 1.29 is 4.79 Å². The molecule has 1 aromatic heterocycles. The Bertz CT molecular complexity index is 589. The van der Waals surface area contributed by atoms with Crippen molar-refractivity contribution in [1.29, 1.82) is 0 Å². The van der Waals surface area contributed by atoms with Crippen LogP contribution in [-0.2, 0) is 6.54 Å². The van der Waals surface area contributed by atoms with Crippen molar-refractivity contribution in [2.45, 2.75) is 26.3 Å². The first-order chi connectivity index (χ1) is 10.2. The van der Waals surface area contributed by atoms with E-state index in [0.717, 1.165) is 37.2 Å². The SMILES string of the molecule is CC1CCCN(C(=O)c2ccc(Cn3cccn3)cc2)C1. The van der Waals surface area contributed by atoms with Crippen molar-refractivity contribution in [2.75, 3.05) is 13.1 Å². The summed E-state index contributed by atoms with van der Waals surface area (Å²) >= 11 is 0. The third-order valence-corrected chi connectivity index (χ3v) is 4.05. The summed E-state index contributed by atoms with van der Waals surface area (Å²) in [7, 11) is 0. The molecule has 0 radical (unpaired) electrons. The number of hydrogen-bond donors (Lipinski definition) is 0. The van der Waals surface area contributed by atoms with E-state index < -0.39 is 0 Å². The molecule has 1 unspecified atom stereocenters. The first-order valence-electron chi connectivity index (χ1n) is 7.58. The fourth-order valence-corrected chi connectivity index (χ4v) is 2.89. The standard InChI is InChI=1S/C17H21N3O/c1-14-4-2-10-19(12-14)17(21)16-7-5-15(6-8-16)13-20-11-3-9-18-20/h3,5-9,11,14H,2,4,10,12-13H2,1H3. The van der Waals surface area contributed by atoms with Gasteiger partial charge in [0.05, 0.1) is 6.54 Å². The van der Waals surface area contributed by atoms with Crippen LogP contribution >= 0.6 is 0 Å². The van der Waals surface area contributed by atoms with Crippen LogP contribution in [0.15, 0.2) is 42.7 Å². The van der Waals surface area contributed by atoms with Crippen LogP contribution in [0.1, 0.15) is 35.7 Å². The van der Waals surface area contributed by atoms with Crippen LogP contribution < -0.4 is 0 Å². The Morgan fingerprint density at radius 1 is 1.33 bits per heavy atom. The van der Waals surface area contributed by atoms with Crippen molar-refractivity contribution in [2.24, 2.45) is 5.92 Å². The molecule has 1 aliphatic heterocycles. The van der Waals surface area contributed by atoms with Crippen LogP contribution in [0.4, 0.5) is 0 Å². The monoisotopic (exact) mass is 283 g/mol. The zero-order valence-corrected chi connectivity index (χ0v) is 12.4. The molecule has 110 valence electrons. The number of amides is 1. The van der Waals surface area contributed by atoms with Crippen LogP contribution in [0, 0.1) is 5.92 Å². The minimum Gasteiger partial charge on any atom is -0.338 e. The highest BCUT2D eigenvalue weighted by Gasteiger charge is 2.21. The van der Waals surface area contributed by atoms with E-state index >= 15 is 0 Å². The summed E-state index contributed by atoms with van der Waals surface area (Å²) in [6, 6.07) is 9.81. The summed E-state index contributed by atoms with van der Waals surface area (Å²) in [5, 5.41) is 4.19. The second-order valence-electron chi connectivity index (χ2n) is 5.90. The van der Waals surface area contributed by atoms with Gasteiger partial charge in [-0.15, -0.1) is 0 Å². The average Bonchev–Trinajstić information content (AvgIpc) is 3.00. The second-order valence-corrected chi connectivity index (χ2v) is 5.90. The van der Waals surface area contributed by atoms with E-state index in [0.29, 0.717) is 5.92 Å². The fraction of sp³-hybridized carbons (Fsp3) is 0.412. The summed E-state index contributed by atoms with van der Waals surface area (Å²) in [4.78, 5) is 14.5. The Hall–Kier alpha value is -2.10. The molecule has 4 heteroatoms. The molecule has 0 saturated carbocycles. The van der Waals surface area contributed by atoms with Crippen molar-refractivity contribution in [3.63, 3.8) is 0 Å². The Balaban J connectivity index is 1.67. The van der Waals surface area contributed by atoms with E-state index in [1.165, 1.54) is 6.42 Å². The summed E-state index contributed by atoms with van der Waals surface area (Å²) in [5.41, 5.74) is 1.94. The third kappa shape index (κ3) is 3.32. The van der Waals surface area contributed by atoms with E-state index in [-0.39, 0.29) is 5.91 Å². The van der Waals surface area contributed by atoms with E-state index in [9.17, 15) is 4.79 Å². The molecule has 2 aromatic rings. The van der Waals surface area contributed by atoms with Gasteiger partial charge >= 0.3 is 0 Å². The first kappa shape index (κ1) is 13.9. The third-order valence-electron chi connectivity index (χ3n) is 4.05. The van der Waals surface area contributed by atoms with Crippen molar-refractivity contribution in [1.82, 2.24) is 14.7 Å². The lowest BCUT2D eigenvalue weighted by atomic mass is 9.99. The molecule has 1 saturated heterocycles. The molecule has 1 aromatic carbocycles. The molecule has 1 amide bonds. The Labute approximate surface area is 125 Å². The lowest BCUT2D eigenvalue weighted by Gasteiger charge is -2.31. The van der Waals surface area contributed by atoms with Gasteiger partial charge in [0.2, 0.25) is 0 Å².